The molecule has 70 valence electrons. The normalized spacial score (nSPS) is 17.0. The van der Waals surface area contributed by atoms with Crippen LogP contribution in [0.3, 0.4) is 0 Å². The Hall–Kier alpha value is -0.930. The Kier molecular flexibility index (Phi) is 2.57. The predicted molar refractivity (Wildman–Crippen MR) is 52.0 cm³/mol. The first kappa shape index (κ1) is 8.66. The van der Waals surface area contributed by atoms with Gasteiger partial charge in [0.25, 0.3) is 0 Å². The maximum Gasteiger partial charge on any atom is 0.0316 e. The van der Waals surface area contributed by atoms with Crippen LogP contribution in [0.4, 0.5) is 0 Å². The van der Waals surface area contributed by atoms with Crippen LogP contribution in [-0.4, -0.2) is 23.0 Å². The van der Waals surface area contributed by atoms with Gasteiger partial charge in [-0.3, -0.25) is 9.88 Å². The van der Waals surface area contributed by atoms with Crippen LogP contribution in [0.15, 0.2) is 18.5 Å². The van der Waals surface area contributed by atoms with Crippen LogP contribution >= 0.6 is 0 Å². The van der Waals surface area contributed by atoms with Crippen LogP contribution in [0.2, 0.25) is 0 Å². The first-order valence-corrected chi connectivity index (χ1v) is 4.74. The molecule has 0 aromatic carbocycles. The second kappa shape index (κ2) is 3.85. The summed E-state index contributed by atoms with van der Waals surface area (Å²) in [6.07, 6.45) is 5.05. The third kappa shape index (κ3) is 1.87. The molecule has 0 radical (unpaired) electrons. The van der Waals surface area contributed by atoms with Gasteiger partial charge in [0.05, 0.1) is 0 Å². The van der Waals surface area contributed by atoms with Gasteiger partial charge in [-0.15, -0.1) is 0 Å². The SMILES string of the molecule is NCc1cnccc1CN1CCC1. The first-order chi connectivity index (χ1) is 6.40. The van der Waals surface area contributed by atoms with Gasteiger partial charge in [-0.2, -0.15) is 0 Å². The van der Waals surface area contributed by atoms with Crippen molar-refractivity contribution in [1.29, 1.82) is 0 Å². The minimum absolute atomic E-state index is 0.594. The predicted octanol–water partition coefficient (Wildman–Crippen LogP) is 0.746. The molecular formula is C10H15N3. The molecule has 0 aliphatic carbocycles. The highest BCUT2D eigenvalue weighted by molar-refractivity contribution is 5.23. The maximum atomic E-state index is 5.63. The van der Waals surface area contributed by atoms with Crippen LogP contribution in [0.1, 0.15) is 17.5 Å². The van der Waals surface area contributed by atoms with Gasteiger partial charge in [0.1, 0.15) is 0 Å². The van der Waals surface area contributed by atoms with E-state index in [0.29, 0.717) is 6.54 Å². The van der Waals surface area contributed by atoms with Gasteiger partial charge >= 0.3 is 0 Å². The summed E-state index contributed by atoms with van der Waals surface area (Å²) in [5.74, 6) is 0. The third-order valence-electron chi connectivity index (χ3n) is 2.57. The van der Waals surface area contributed by atoms with E-state index < -0.39 is 0 Å². The fourth-order valence-electron chi connectivity index (χ4n) is 1.57. The molecule has 0 amide bonds. The Morgan fingerprint density at radius 1 is 1.38 bits per heavy atom. The highest BCUT2D eigenvalue weighted by Gasteiger charge is 2.14. The van der Waals surface area contributed by atoms with Crippen molar-refractivity contribution in [2.45, 2.75) is 19.5 Å². The van der Waals surface area contributed by atoms with Crippen molar-refractivity contribution in [3.05, 3.63) is 29.6 Å². The van der Waals surface area contributed by atoms with Crippen LogP contribution in [0.25, 0.3) is 0 Å². The molecule has 0 bridgehead atoms. The van der Waals surface area contributed by atoms with E-state index in [4.69, 9.17) is 5.73 Å². The van der Waals surface area contributed by atoms with E-state index in [9.17, 15) is 0 Å². The Morgan fingerprint density at radius 3 is 2.85 bits per heavy atom. The zero-order valence-electron chi connectivity index (χ0n) is 7.74. The zero-order valence-corrected chi connectivity index (χ0v) is 7.74. The van der Waals surface area contributed by atoms with Gasteiger partial charge in [-0.05, 0) is 36.7 Å². The molecule has 13 heavy (non-hydrogen) atoms. The van der Waals surface area contributed by atoms with Crippen molar-refractivity contribution in [1.82, 2.24) is 9.88 Å². The van der Waals surface area contributed by atoms with Crippen LogP contribution in [-0.2, 0) is 13.1 Å². The number of nitrogens with zero attached hydrogens (tertiary/aromatic N) is 2. The number of rotatable bonds is 3. The maximum absolute atomic E-state index is 5.63. The lowest BCUT2D eigenvalue weighted by Crippen LogP contribution is -2.36. The topological polar surface area (TPSA) is 42.1 Å². The van der Waals surface area contributed by atoms with Crippen LogP contribution < -0.4 is 5.73 Å². The number of aromatic nitrogens is 1. The van der Waals surface area contributed by atoms with E-state index in [0.717, 1.165) is 6.54 Å². The number of pyridine rings is 1. The monoisotopic (exact) mass is 177 g/mol. The molecule has 1 aliphatic heterocycles. The second-order valence-electron chi connectivity index (χ2n) is 3.48. The van der Waals surface area contributed by atoms with E-state index >= 15 is 0 Å². The van der Waals surface area contributed by atoms with Crippen molar-refractivity contribution < 1.29 is 0 Å². The number of hydrogen-bond donors (Lipinski definition) is 1. The first-order valence-electron chi connectivity index (χ1n) is 4.74. The fourth-order valence-corrected chi connectivity index (χ4v) is 1.57. The molecule has 3 heteroatoms. The van der Waals surface area contributed by atoms with Crippen molar-refractivity contribution in [3.8, 4) is 0 Å². The summed E-state index contributed by atoms with van der Waals surface area (Å²) in [6, 6.07) is 2.07. The van der Waals surface area contributed by atoms with Gasteiger partial charge in [0.15, 0.2) is 0 Å². The van der Waals surface area contributed by atoms with Gasteiger partial charge in [-0.1, -0.05) is 0 Å². The minimum Gasteiger partial charge on any atom is -0.326 e. The molecule has 1 saturated heterocycles. The number of hydrogen-bond acceptors (Lipinski definition) is 3. The van der Waals surface area contributed by atoms with Gasteiger partial charge in [-0.25, -0.2) is 0 Å². The van der Waals surface area contributed by atoms with Gasteiger partial charge in [0.2, 0.25) is 0 Å². The summed E-state index contributed by atoms with van der Waals surface area (Å²) < 4.78 is 0. The zero-order chi connectivity index (χ0) is 9.10. The molecule has 3 nitrogen and oxygen atoms in total. The molecule has 0 unspecified atom stereocenters. The third-order valence-corrected chi connectivity index (χ3v) is 2.57. The van der Waals surface area contributed by atoms with Crippen molar-refractivity contribution in [2.75, 3.05) is 13.1 Å². The Bertz CT molecular complexity index is 281. The summed E-state index contributed by atoms with van der Waals surface area (Å²) in [6.45, 7) is 4.09. The summed E-state index contributed by atoms with van der Waals surface area (Å²) in [5.41, 5.74) is 8.13. The molecule has 2 N–H and O–H groups in total. The quantitative estimate of drug-likeness (QED) is 0.740. The van der Waals surface area contributed by atoms with E-state index in [1.807, 2.05) is 12.4 Å². The second-order valence-corrected chi connectivity index (χ2v) is 3.48. The summed E-state index contributed by atoms with van der Waals surface area (Å²) in [4.78, 5) is 6.49. The molecule has 2 rings (SSSR count). The standard InChI is InChI=1S/C10H15N3/c11-6-10-7-12-3-2-9(10)8-13-4-1-5-13/h2-3,7H,1,4-6,8,11H2. The van der Waals surface area contributed by atoms with Crippen molar-refractivity contribution in [2.24, 2.45) is 5.73 Å². The van der Waals surface area contributed by atoms with E-state index in [1.165, 1.54) is 30.6 Å². The fraction of sp³-hybridized carbons (Fsp3) is 0.500. The smallest absolute Gasteiger partial charge is 0.0316 e. The molecule has 1 fully saturated rings. The van der Waals surface area contributed by atoms with E-state index in [1.54, 1.807) is 0 Å². The number of likely N-dealkylation sites (tertiary alicyclic amines) is 1. The summed E-state index contributed by atoms with van der Waals surface area (Å²) >= 11 is 0. The molecule has 0 atom stereocenters. The van der Waals surface area contributed by atoms with Gasteiger partial charge < -0.3 is 5.73 Å². The van der Waals surface area contributed by atoms with Crippen LogP contribution in [0.5, 0.6) is 0 Å². The molecule has 0 saturated carbocycles. The van der Waals surface area contributed by atoms with E-state index in [2.05, 4.69) is 16.0 Å². The van der Waals surface area contributed by atoms with Crippen LogP contribution in [0, 0.1) is 0 Å². The van der Waals surface area contributed by atoms with Crippen molar-refractivity contribution >= 4 is 0 Å². The minimum atomic E-state index is 0.594. The Balaban J connectivity index is 2.08. The number of nitrogens with two attached hydrogens (primary N) is 1. The largest absolute Gasteiger partial charge is 0.326 e. The molecule has 1 aromatic heterocycles. The lowest BCUT2D eigenvalue weighted by atomic mass is 10.1. The van der Waals surface area contributed by atoms with E-state index in [-0.39, 0.29) is 0 Å². The average molecular weight is 177 g/mol. The summed E-state index contributed by atoms with van der Waals surface area (Å²) in [7, 11) is 0. The molecular weight excluding hydrogens is 162 g/mol. The highest BCUT2D eigenvalue weighted by atomic mass is 15.2. The molecule has 1 aromatic rings. The Morgan fingerprint density at radius 2 is 2.23 bits per heavy atom. The molecule has 1 aliphatic rings. The highest BCUT2D eigenvalue weighted by Crippen LogP contribution is 2.14. The lowest BCUT2D eigenvalue weighted by molar-refractivity contribution is 0.172. The van der Waals surface area contributed by atoms with Crippen molar-refractivity contribution in [3.63, 3.8) is 0 Å². The molecule has 0 spiro atoms. The lowest BCUT2D eigenvalue weighted by Gasteiger charge is -2.31. The Labute approximate surface area is 78.6 Å². The molecule has 2 heterocycles. The van der Waals surface area contributed by atoms with Gasteiger partial charge in [0, 0.05) is 25.5 Å². The average Bonchev–Trinajstić information content (AvgIpc) is 2.12. The summed E-state index contributed by atoms with van der Waals surface area (Å²) in [5, 5.41) is 0.